The number of nitrogens with zero attached hydrogens (tertiary/aromatic N) is 1. The molecule has 1 aliphatic heterocycles. The Morgan fingerprint density at radius 3 is 2.65 bits per heavy atom. The molecule has 2 heterocycles. The summed E-state index contributed by atoms with van der Waals surface area (Å²) in [5.74, 6) is 0.217. The van der Waals surface area contributed by atoms with Crippen molar-refractivity contribution in [2.45, 2.75) is 19.5 Å². The van der Waals surface area contributed by atoms with Gasteiger partial charge < -0.3 is 15.2 Å². The fourth-order valence-corrected chi connectivity index (χ4v) is 2.76. The Morgan fingerprint density at radius 1 is 1.17 bits per heavy atom. The summed E-state index contributed by atoms with van der Waals surface area (Å²) in [6, 6.07) is 13.1. The van der Waals surface area contributed by atoms with Gasteiger partial charge in [-0.1, -0.05) is 30.3 Å². The molecule has 5 heteroatoms. The predicted octanol–water partition coefficient (Wildman–Crippen LogP) is 1.12. The molecule has 1 aromatic carbocycles. The summed E-state index contributed by atoms with van der Waals surface area (Å²) in [5, 5.41) is 6.18. The van der Waals surface area contributed by atoms with Gasteiger partial charge in [-0.25, -0.2) is 0 Å². The molecule has 0 saturated carbocycles. The van der Waals surface area contributed by atoms with Gasteiger partial charge in [0.2, 0.25) is 5.91 Å². The lowest BCUT2D eigenvalue weighted by molar-refractivity contribution is -0.124. The summed E-state index contributed by atoms with van der Waals surface area (Å²) in [6.45, 7) is 2.79. The third-order valence-electron chi connectivity index (χ3n) is 4.17. The normalized spacial score (nSPS) is 17.1. The lowest BCUT2D eigenvalue weighted by Crippen LogP contribution is -2.31. The van der Waals surface area contributed by atoms with Gasteiger partial charge in [0, 0.05) is 25.4 Å². The van der Waals surface area contributed by atoms with E-state index in [9.17, 15) is 9.59 Å². The SMILES string of the molecule is O=C(NCc1ccc(Cn2ccccc2=O)cc1)C1CCNC1. The van der Waals surface area contributed by atoms with Gasteiger partial charge >= 0.3 is 0 Å². The Hall–Kier alpha value is -2.40. The monoisotopic (exact) mass is 311 g/mol. The van der Waals surface area contributed by atoms with Gasteiger partial charge in [0.25, 0.3) is 5.56 Å². The number of pyridine rings is 1. The molecule has 0 aliphatic carbocycles. The van der Waals surface area contributed by atoms with E-state index in [-0.39, 0.29) is 17.4 Å². The Morgan fingerprint density at radius 2 is 1.96 bits per heavy atom. The predicted molar refractivity (Wildman–Crippen MR) is 89.1 cm³/mol. The van der Waals surface area contributed by atoms with Crippen molar-refractivity contribution in [3.63, 3.8) is 0 Å². The zero-order valence-corrected chi connectivity index (χ0v) is 13.0. The number of amides is 1. The van der Waals surface area contributed by atoms with Crippen molar-refractivity contribution < 1.29 is 4.79 Å². The lowest BCUT2D eigenvalue weighted by atomic mass is 10.1. The molecule has 120 valence electrons. The summed E-state index contributed by atoms with van der Waals surface area (Å²) in [4.78, 5) is 23.7. The molecule has 1 aliphatic rings. The first-order chi connectivity index (χ1) is 11.2. The molecule has 0 radical (unpaired) electrons. The number of rotatable bonds is 5. The van der Waals surface area contributed by atoms with Gasteiger partial charge in [0.1, 0.15) is 0 Å². The van der Waals surface area contributed by atoms with Crippen LogP contribution in [0.3, 0.4) is 0 Å². The second-order valence-corrected chi connectivity index (χ2v) is 5.89. The average molecular weight is 311 g/mol. The van der Waals surface area contributed by atoms with E-state index in [1.54, 1.807) is 22.9 Å². The number of carbonyl (C=O) groups excluding carboxylic acids is 1. The van der Waals surface area contributed by atoms with Gasteiger partial charge in [-0.3, -0.25) is 9.59 Å². The molecule has 1 fully saturated rings. The van der Waals surface area contributed by atoms with E-state index in [4.69, 9.17) is 0 Å². The second-order valence-electron chi connectivity index (χ2n) is 5.89. The molecule has 1 unspecified atom stereocenters. The highest BCUT2D eigenvalue weighted by Crippen LogP contribution is 2.09. The number of hydrogen-bond donors (Lipinski definition) is 2. The molecule has 1 atom stereocenters. The Labute approximate surface area is 135 Å². The first kappa shape index (κ1) is 15.5. The van der Waals surface area contributed by atoms with Crippen LogP contribution in [0.2, 0.25) is 0 Å². The van der Waals surface area contributed by atoms with Crippen LogP contribution in [0.5, 0.6) is 0 Å². The largest absolute Gasteiger partial charge is 0.352 e. The van der Waals surface area contributed by atoms with Gasteiger partial charge in [-0.15, -0.1) is 0 Å². The standard InChI is InChI=1S/C18H21N3O2/c22-17-3-1-2-10-21(17)13-15-6-4-14(5-7-15)11-20-18(23)16-8-9-19-12-16/h1-7,10,16,19H,8-9,11-13H2,(H,20,23). The van der Waals surface area contributed by atoms with Gasteiger partial charge in [0.15, 0.2) is 0 Å². The van der Waals surface area contributed by atoms with E-state index in [1.807, 2.05) is 30.3 Å². The summed E-state index contributed by atoms with van der Waals surface area (Å²) >= 11 is 0. The molecule has 1 aromatic heterocycles. The van der Waals surface area contributed by atoms with Crippen LogP contribution in [-0.4, -0.2) is 23.6 Å². The summed E-state index contributed by atoms with van der Waals surface area (Å²) in [7, 11) is 0. The molecule has 5 nitrogen and oxygen atoms in total. The molecule has 1 amide bonds. The van der Waals surface area contributed by atoms with Gasteiger partial charge in [0.05, 0.1) is 12.5 Å². The molecular weight excluding hydrogens is 290 g/mol. The van der Waals surface area contributed by atoms with E-state index in [0.717, 1.165) is 30.6 Å². The third kappa shape index (κ3) is 4.07. The van der Waals surface area contributed by atoms with Crippen molar-refractivity contribution in [3.8, 4) is 0 Å². The quantitative estimate of drug-likeness (QED) is 0.870. The summed E-state index contributed by atoms with van der Waals surface area (Å²) in [6.07, 6.45) is 2.70. The second kappa shape index (κ2) is 7.24. The van der Waals surface area contributed by atoms with Crippen LogP contribution < -0.4 is 16.2 Å². The molecule has 0 spiro atoms. The summed E-state index contributed by atoms with van der Waals surface area (Å²) in [5.41, 5.74) is 2.12. The maximum absolute atomic E-state index is 12.0. The first-order valence-electron chi connectivity index (χ1n) is 7.94. The van der Waals surface area contributed by atoms with Gasteiger partial charge in [-0.2, -0.15) is 0 Å². The molecule has 23 heavy (non-hydrogen) atoms. The minimum absolute atomic E-state index is 0.00554. The first-order valence-corrected chi connectivity index (χ1v) is 7.94. The summed E-state index contributed by atoms with van der Waals surface area (Å²) < 4.78 is 1.67. The highest BCUT2D eigenvalue weighted by Gasteiger charge is 2.21. The Kier molecular flexibility index (Phi) is 4.88. The average Bonchev–Trinajstić information content (AvgIpc) is 3.11. The van der Waals surface area contributed by atoms with Crippen molar-refractivity contribution in [2.75, 3.05) is 13.1 Å². The highest BCUT2D eigenvalue weighted by atomic mass is 16.2. The van der Waals surface area contributed by atoms with E-state index < -0.39 is 0 Å². The highest BCUT2D eigenvalue weighted by molar-refractivity contribution is 5.79. The van der Waals surface area contributed by atoms with E-state index in [0.29, 0.717) is 13.1 Å². The lowest BCUT2D eigenvalue weighted by Gasteiger charge is -2.10. The van der Waals surface area contributed by atoms with Crippen LogP contribution in [0.1, 0.15) is 17.5 Å². The topological polar surface area (TPSA) is 63.1 Å². The van der Waals surface area contributed by atoms with Crippen molar-refractivity contribution in [1.29, 1.82) is 0 Å². The minimum atomic E-state index is -0.00554. The molecule has 1 saturated heterocycles. The van der Waals surface area contributed by atoms with Crippen LogP contribution in [0, 0.1) is 5.92 Å². The number of benzene rings is 1. The van der Waals surface area contributed by atoms with E-state index in [2.05, 4.69) is 10.6 Å². The number of hydrogen-bond acceptors (Lipinski definition) is 3. The molecular formula is C18H21N3O2. The van der Waals surface area contributed by atoms with Crippen LogP contribution in [0.15, 0.2) is 53.5 Å². The number of nitrogens with one attached hydrogen (secondary N) is 2. The number of aromatic nitrogens is 1. The van der Waals surface area contributed by atoms with Crippen LogP contribution in [0.4, 0.5) is 0 Å². The molecule has 3 rings (SSSR count). The molecule has 2 aromatic rings. The van der Waals surface area contributed by atoms with Crippen LogP contribution in [-0.2, 0) is 17.9 Å². The van der Waals surface area contributed by atoms with Crippen molar-refractivity contribution in [2.24, 2.45) is 5.92 Å². The fourth-order valence-electron chi connectivity index (χ4n) is 2.76. The fraction of sp³-hybridized carbons (Fsp3) is 0.333. The maximum Gasteiger partial charge on any atom is 0.250 e. The van der Waals surface area contributed by atoms with E-state index in [1.165, 1.54) is 0 Å². The third-order valence-corrected chi connectivity index (χ3v) is 4.17. The van der Waals surface area contributed by atoms with Crippen LogP contribution in [0.25, 0.3) is 0 Å². The molecule has 0 bridgehead atoms. The minimum Gasteiger partial charge on any atom is -0.352 e. The Balaban J connectivity index is 1.55. The van der Waals surface area contributed by atoms with Gasteiger partial charge in [-0.05, 0) is 30.2 Å². The van der Waals surface area contributed by atoms with Crippen molar-refractivity contribution >= 4 is 5.91 Å². The Bertz CT molecular complexity index is 716. The zero-order valence-electron chi connectivity index (χ0n) is 13.0. The van der Waals surface area contributed by atoms with Crippen molar-refractivity contribution in [1.82, 2.24) is 15.2 Å². The smallest absolute Gasteiger partial charge is 0.250 e. The maximum atomic E-state index is 12.0. The van der Waals surface area contributed by atoms with Crippen LogP contribution >= 0.6 is 0 Å². The zero-order chi connectivity index (χ0) is 16.1. The molecule has 2 N–H and O–H groups in total. The number of carbonyl (C=O) groups is 1. The van der Waals surface area contributed by atoms with E-state index >= 15 is 0 Å². The van der Waals surface area contributed by atoms with Crippen molar-refractivity contribution in [3.05, 3.63) is 70.1 Å².